The molecule has 3 aromatic carbocycles. The number of benzene rings is 3. The van der Waals surface area contributed by atoms with Crippen molar-refractivity contribution in [1.29, 1.82) is 0 Å². The topological polar surface area (TPSA) is 93.2 Å². The summed E-state index contributed by atoms with van der Waals surface area (Å²) in [6.45, 7) is 2.10. The first-order valence-corrected chi connectivity index (χ1v) is 11.6. The third-order valence-corrected chi connectivity index (χ3v) is 5.91. The minimum Gasteiger partial charge on any atom is -0.497 e. The van der Waals surface area contributed by atoms with Crippen LogP contribution in [-0.2, 0) is 20.9 Å². The third kappa shape index (κ3) is 5.12. The fourth-order valence-electron chi connectivity index (χ4n) is 4.12. The number of anilines is 1. The molecular formula is C28H26N2O6. The lowest BCUT2D eigenvalue weighted by Gasteiger charge is -2.28. The molecule has 1 atom stereocenters. The molecule has 8 nitrogen and oxygen atoms in total. The Morgan fingerprint density at radius 2 is 1.67 bits per heavy atom. The number of nitrogens with zero attached hydrogens (tertiary/aromatic N) is 2. The van der Waals surface area contributed by atoms with Crippen LogP contribution in [0.25, 0.3) is 0 Å². The average Bonchev–Trinajstić information content (AvgIpc) is 3.21. The maximum atomic E-state index is 13.6. The van der Waals surface area contributed by atoms with Crippen LogP contribution in [0.2, 0.25) is 0 Å². The summed E-state index contributed by atoms with van der Waals surface area (Å²) in [5.41, 5.74) is 1.82. The lowest BCUT2D eigenvalue weighted by molar-refractivity contribution is -0.122. The van der Waals surface area contributed by atoms with E-state index in [0.717, 1.165) is 10.5 Å². The van der Waals surface area contributed by atoms with Gasteiger partial charge >= 0.3 is 5.97 Å². The molecule has 0 aliphatic carbocycles. The molecule has 0 spiro atoms. The van der Waals surface area contributed by atoms with Crippen LogP contribution in [0, 0.1) is 0 Å². The predicted molar refractivity (Wildman–Crippen MR) is 133 cm³/mol. The quantitative estimate of drug-likeness (QED) is 0.355. The molecule has 184 valence electrons. The van der Waals surface area contributed by atoms with Gasteiger partial charge in [0.2, 0.25) is 5.91 Å². The number of rotatable bonds is 8. The Kier molecular flexibility index (Phi) is 7.44. The van der Waals surface area contributed by atoms with E-state index in [1.54, 1.807) is 31.2 Å². The Hall–Kier alpha value is -4.46. The van der Waals surface area contributed by atoms with Crippen molar-refractivity contribution in [3.8, 4) is 5.75 Å². The van der Waals surface area contributed by atoms with E-state index < -0.39 is 23.8 Å². The van der Waals surface area contributed by atoms with E-state index in [2.05, 4.69) is 0 Å². The van der Waals surface area contributed by atoms with E-state index in [1.165, 1.54) is 36.3 Å². The highest BCUT2D eigenvalue weighted by Crippen LogP contribution is 2.29. The molecular weight excluding hydrogens is 460 g/mol. The lowest BCUT2D eigenvalue weighted by atomic mass is 10.1. The summed E-state index contributed by atoms with van der Waals surface area (Å²) in [6.07, 6.45) is -0.152. The fourth-order valence-corrected chi connectivity index (χ4v) is 4.12. The average molecular weight is 487 g/mol. The fraction of sp³-hybridized carbons (Fsp3) is 0.214. The van der Waals surface area contributed by atoms with Crippen molar-refractivity contribution < 1.29 is 28.7 Å². The van der Waals surface area contributed by atoms with E-state index in [1.807, 2.05) is 30.3 Å². The molecule has 3 aromatic rings. The highest BCUT2D eigenvalue weighted by atomic mass is 16.5. The number of amides is 3. The number of imide groups is 1. The number of hydrogen-bond donors (Lipinski definition) is 0. The van der Waals surface area contributed by atoms with Crippen LogP contribution in [0.15, 0.2) is 78.9 Å². The summed E-state index contributed by atoms with van der Waals surface area (Å²) in [5.74, 6) is -1.29. The van der Waals surface area contributed by atoms with Gasteiger partial charge in [0, 0.05) is 12.1 Å². The standard InChI is InChI=1S/C28H26N2O6/c1-3-36-28(34)20-12-14-22(15-13-20)30-25(31)17-24(27(30)33)29(18-19-8-5-4-6-9-19)26(32)21-10-7-11-23(16-21)35-2/h4-16,24H,3,17-18H2,1-2H3. The van der Waals surface area contributed by atoms with Crippen molar-refractivity contribution in [2.45, 2.75) is 25.9 Å². The molecule has 1 fully saturated rings. The molecule has 4 rings (SSSR count). The molecule has 0 saturated carbocycles. The molecule has 1 unspecified atom stereocenters. The van der Waals surface area contributed by atoms with Crippen LogP contribution in [-0.4, -0.2) is 48.3 Å². The molecule has 0 aromatic heterocycles. The second-order valence-electron chi connectivity index (χ2n) is 8.21. The lowest BCUT2D eigenvalue weighted by Crippen LogP contribution is -2.45. The van der Waals surface area contributed by atoms with Crippen LogP contribution in [0.4, 0.5) is 5.69 Å². The molecule has 1 aliphatic rings. The molecule has 3 amide bonds. The highest BCUT2D eigenvalue weighted by molar-refractivity contribution is 6.23. The van der Waals surface area contributed by atoms with Crippen LogP contribution < -0.4 is 9.64 Å². The Bertz CT molecular complexity index is 1270. The zero-order chi connectivity index (χ0) is 25.7. The first-order valence-electron chi connectivity index (χ1n) is 11.6. The van der Waals surface area contributed by atoms with Gasteiger partial charge in [-0.2, -0.15) is 0 Å². The van der Waals surface area contributed by atoms with Crippen LogP contribution >= 0.6 is 0 Å². The maximum absolute atomic E-state index is 13.6. The summed E-state index contributed by atoms with van der Waals surface area (Å²) in [4.78, 5) is 54.6. The number of carbonyl (C=O) groups excluding carboxylic acids is 4. The van der Waals surface area contributed by atoms with Gasteiger partial charge in [0.15, 0.2) is 0 Å². The Morgan fingerprint density at radius 1 is 0.944 bits per heavy atom. The minimum absolute atomic E-state index is 0.149. The smallest absolute Gasteiger partial charge is 0.338 e. The SMILES string of the molecule is CCOC(=O)c1ccc(N2C(=O)CC(N(Cc3ccccc3)C(=O)c3cccc(OC)c3)C2=O)cc1. The van der Waals surface area contributed by atoms with Crippen molar-refractivity contribution in [3.05, 3.63) is 95.6 Å². The van der Waals surface area contributed by atoms with Crippen LogP contribution in [0.3, 0.4) is 0 Å². The Labute approximate surface area is 209 Å². The molecule has 0 bridgehead atoms. The Morgan fingerprint density at radius 3 is 2.33 bits per heavy atom. The number of esters is 1. The zero-order valence-electron chi connectivity index (χ0n) is 20.0. The monoisotopic (exact) mass is 486 g/mol. The normalized spacial score (nSPS) is 15.1. The molecule has 36 heavy (non-hydrogen) atoms. The van der Waals surface area contributed by atoms with Gasteiger partial charge in [-0.15, -0.1) is 0 Å². The maximum Gasteiger partial charge on any atom is 0.338 e. The van der Waals surface area contributed by atoms with Crippen LogP contribution in [0.5, 0.6) is 5.75 Å². The van der Waals surface area contributed by atoms with E-state index in [0.29, 0.717) is 22.6 Å². The molecule has 1 saturated heterocycles. The first-order chi connectivity index (χ1) is 17.4. The van der Waals surface area contributed by atoms with Gasteiger partial charge in [0.05, 0.1) is 31.4 Å². The van der Waals surface area contributed by atoms with Crippen molar-refractivity contribution in [2.75, 3.05) is 18.6 Å². The summed E-state index contributed by atoms with van der Waals surface area (Å²) >= 11 is 0. The third-order valence-electron chi connectivity index (χ3n) is 5.91. The van der Waals surface area contributed by atoms with Crippen LogP contribution in [0.1, 0.15) is 39.6 Å². The molecule has 1 heterocycles. The minimum atomic E-state index is -0.985. The first kappa shape index (κ1) is 24.7. The number of methoxy groups -OCH3 is 1. The van der Waals surface area contributed by atoms with Crippen molar-refractivity contribution in [2.24, 2.45) is 0 Å². The largest absolute Gasteiger partial charge is 0.497 e. The summed E-state index contributed by atoms with van der Waals surface area (Å²) < 4.78 is 10.2. The summed E-state index contributed by atoms with van der Waals surface area (Å²) in [6, 6.07) is 21.0. The van der Waals surface area contributed by atoms with E-state index >= 15 is 0 Å². The number of hydrogen-bond acceptors (Lipinski definition) is 6. The van der Waals surface area contributed by atoms with E-state index in [4.69, 9.17) is 9.47 Å². The predicted octanol–water partition coefficient (Wildman–Crippen LogP) is 3.85. The summed E-state index contributed by atoms with van der Waals surface area (Å²) in [5, 5.41) is 0. The van der Waals surface area contributed by atoms with Gasteiger partial charge in [0.25, 0.3) is 11.8 Å². The molecule has 1 aliphatic heterocycles. The van der Waals surface area contributed by atoms with E-state index in [-0.39, 0.29) is 25.5 Å². The summed E-state index contributed by atoms with van der Waals surface area (Å²) in [7, 11) is 1.51. The zero-order valence-corrected chi connectivity index (χ0v) is 20.0. The van der Waals surface area contributed by atoms with Gasteiger partial charge in [-0.3, -0.25) is 14.4 Å². The number of ether oxygens (including phenoxy) is 2. The highest BCUT2D eigenvalue weighted by Gasteiger charge is 2.44. The van der Waals surface area contributed by atoms with E-state index in [9.17, 15) is 19.2 Å². The van der Waals surface area contributed by atoms with Gasteiger partial charge in [0.1, 0.15) is 11.8 Å². The second-order valence-corrected chi connectivity index (χ2v) is 8.21. The van der Waals surface area contributed by atoms with Crippen molar-refractivity contribution in [3.63, 3.8) is 0 Å². The van der Waals surface area contributed by atoms with Gasteiger partial charge in [-0.1, -0.05) is 36.4 Å². The van der Waals surface area contributed by atoms with Crippen molar-refractivity contribution >= 4 is 29.4 Å². The van der Waals surface area contributed by atoms with Crippen molar-refractivity contribution in [1.82, 2.24) is 4.90 Å². The molecule has 0 N–H and O–H groups in total. The van der Waals surface area contributed by atoms with Gasteiger partial charge in [-0.05, 0) is 55.0 Å². The number of carbonyl (C=O) groups is 4. The van der Waals surface area contributed by atoms with Gasteiger partial charge < -0.3 is 14.4 Å². The molecule has 8 heteroatoms. The molecule has 0 radical (unpaired) electrons. The Balaban J connectivity index is 1.64. The van der Waals surface area contributed by atoms with Gasteiger partial charge in [-0.25, -0.2) is 9.69 Å². The second kappa shape index (κ2) is 10.9.